The Kier molecular flexibility index (Phi) is 11.2. The second-order valence-corrected chi connectivity index (χ2v) is 12.5. The summed E-state index contributed by atoms with van der Waals surface area (Å²) in [5, 5.41) is 13.8. The third-order valence-corrected chi connectivity index (χ3v) is 8.20. The molecule has 0 spiro atoms. The Morgan fingerprint density at radius 3 is 2.56 bits per heavy atom. The van der Waals surface area contributed by atoms with E-state index < -0.39 is 11.5 Å². The predicted molar refractivity (Wildman–Crippen MR) is 189 cm³/mol. The van der Waals surface area contributed by atoms with Gasteiger partial charge in [0.05, 0.1) is 16.4 Å². The van der Waals surface area contributed by atoms with Crippen LogP contribution >= 0.6 is 11.6 Å². The van der Waals surface area contributed by atoms with Crippen LogP contribution in [0, 0.1) is 11.7 Å². The SMILES string of the molecule is CC(C)CCCc1cc(Cl)c(F)c(-c2cc3cn(-c4ccc(CN[C@H](CCN=C(N)N)CNc5ccc(=O)[nH]n5)cc4)c(=O)nc3[nH]2)c1. The van der Waals surface area contributed by atoms with E-state index in [1.54, 1.807) is 24.4 Å². The summed E-state index contributed by atoms with van der Waals surface area (Å²) >= 11 is 6.28. The number of nitrogens with zero attached hydrogens (tertiary/aromatic N) is 4. The van der Waals surface area contributed by atoms with Crippen LogP contribution in [0.25, 0.3) is 28.0 Å². The van der Waals surface area contributed by atoms with E-state index in [0.717, 1.165) is 30.4 Å². The molecule has 3 aromatic heterocycles. The van der Waals surface area contributed by atoms with Crippen LogP contribution in [-0.2, 0) is 13.0 Å². The minimum Gasteiger partial charge on any atom is -0.370 e. The number of H-pyrrole nitrogens is 2. The van der Waals surface area contributed by atoms with Gasteiger partial charge in [0.2, 0.25) is 0 Å². The molecule has 0 saturated heterocycles. The van der Waals surface area contributed by atoms with Crippen molar-refractivity contribution in [2.45, 2.75) is 52.1 Å². The van der Waals surface area contributed by atoms with Gasteiger partial charge < -0.3 is 27.1 Å². The Morgan fingerprint density at radius 1 is 1.06 bits per heavy atom. The van der Waals surface area contributed by atoms with Crippen molar-refractivity contribution in [1.82, 2.24) is 30.0 Å². The van der Waals surface area contributed by atoms with Crippen molar-refractivity contribution in [3.05, 3.63) is 104 Å². The second kappa shape index (κ2) is 15.7. The molecule has 12 nitrogen and oxygen atoms in total. The zero-order chi connectivity index (χ0) is 34.2. The summed E-state index contributed by atoms with van der Waals surface area (Å²) < 4.78 is 16.6. The summed E-state index contributed by atoms with van der Waals surface area (Å²) in [6.07, 6.45) is 5.18. The number of benzene rings is 2. The van der Waals surface area contributed by atoms with Crippen LogP contribution in [-0.4, -0.2) is 49.8 Å². The second-order valence-electron chi connectivity index (χ2n) is 12.1. The molecule has 48 heavy (non-hydrogen) atoms. The summed E-state index contributed by atoms with van der Waals surface area (Å²) in [5.74, 6) is 0.634. The van der Waals surface area contributed by atoms with E-state index in [2.05, 4.69) is 49.6 Å². The minimum atomic E-state index is -0.516. The molecule has 0 aliphatic heterocycles. The molecule has 0 radical (unpaired) electrons. The zero-order valence-corrected chi connectivity index (χ0v) is 27.6. The van der Waals surface area contributed by atoms with Crippen molar-refractivity contribution in [3.63, 3.8) is 0 Å². The number of hydrogen-bond donors (Lipinski definition) is 6. The first-order chi connectivity index (χ1) is 23.0. The van der Waals surface area contributed by atoms with Gasteiger partial charge in [0, 0.05) is 48.9 Å². The van der Waals surface area contributed by atoms with E-state index in [1.807, 2.05) is 30.3 Å². The number of nitrogens with one attached hydrogen (secondary N) is 4. The largest absolute Gasteiger partial charge is 0.370 e. The fraction of sp³-hybridized carbons (Fsp3) is 0.324. The lowest BCUT2D eigenvalue weighted by Gasteiger charge is -2.19. The van der Waals surface area contributed by atoms with E-state index in [4.69, 9.17) is 23.1 Å². The average molecular weight is 675 g/mol. The summed E-state index contributed by atoms with van der Waals surface area (Å²) in [7, 11) is 0. The molecule has 14 heteroatoms. The Labute approximate surface area is 281 Å². The Hall–Kier alpha value is -5.01. The van der Waals surface area contributed by atoms with Crippen LogP contribution in [0.4, 0.5) is 10.2 Å². The highest BCUT2D eigenvalue weighted by molar-refractivity contribution is 6.31. The molecule has 0 bridgehead atoms. The van der Waals surface area contributed by atoms with E-state index in [0.29, 0.717) is 65.8 Å². The third-order valence-electron chi connectivity index (χ3n) is 7.92. The lowest BCUT2D eigenvalue weighted by molar-refractivity contribution is 0.502. The number of anilines is 1. The van der Waals surface area contributed by atoms with Crippen molar-refractivity contribution in [1.29, 1.82) is 0 Å². The number of rotatable bonds is 15. The Morgan fingerprint density at radius 2 is 1.85 bits per heavy atom. The van der Waals surface area contributed by atoms with E-state index in [9.17, 15) is 9.59 Å². The number of fused-ring (bicyclic) bond motifs is 1. The molecule has 0 aliphatic carbocycles. The highest BCUT2D eigenvalue weighted by Crippen LogP contribution is 2.31. The number of aliphatic imine (C=N–C) groups is 1. The molecular formula is C34H40ClFN10O2. The molecule has 0 fully saturated rings. The number of aryl methyl sites for hydroxylation is 1. The third kappa shape index (κ3) is 9.07. The van der Waals surface area contributed by atoms with Gasteiger partial charge >= 0.3 is 5.69 Å². The molecule has 3 heterocycles. The van der Waals surface area contributed by atoms with Crippen LogP contribution < -0.4 is 33.3 Å². The first-order valence-electron chi connectivity index (χ1n) is 15.8. The number of hydrogen-bond acceptors (Lipinski definition) is 7. The van der Waals surface area contributed by atoms with Gasteiger partial charge in [-0.3, -0.25) is 14.4 Å². The maximum atomic E-state index is 15.2. The van der Waals surface area contributed by atoms with Gasteiger partial charge in [0.1, 0.15) is 11.5 Å². The summed E-state index contributed by atoms with van der Waals surface area (Å²) in [6.45, 7) is 5.83. The van der Waals surface area contributed by atoms with Crippen LogP contribution in [0.15, 0.2) is 75.4 Å². The molecular weight excluding hydrogens is 635 g/mol. The predicted octanol–water partition coefficient (Wildman–Crippen LogP) is 4.47. The molecule has 0 amide bonds. The lowest BCUT2D eigenvalue weighted by Crippen LogP contribution is -2.36. The van der Waals surface area contributed by atoms with Gasteiger partial charge in [-0.15, -0.1) is 0 Å². The van der Waals surface area contributed by atoms with Crippen LogP contribution in [0.3, 0.4) is 0 Å². The molecule has 0 unspecified atom stereocenters. The first kappa shape index (κ1) is 34.3. The quantitative estimate of drug-likeness (QED) is 0.0694. The molecule has 8 N–H and O–H groups in total. The first-order valence-corrected chi connectivity index (χ1v) is 16.2. The normalized spacial score (nSPS) is 12.0. The van der Waals surface area contributed by atoms with Crippen LogP contribution in [0.2, 0.25) is 5.02 Å². The molecule has 2 aromatic carbocycles. The molecule has 0 aliphatic rings. The molecule has 0 saturated carbocycles. The Bertz CT molecular complexity index is 1980. The van der Waals surface area contributed by atoms with Crippen molar-refractivity contribution in [2.24, 2.45) is 22.4 Å². The number of aromatic nitrogens is 5. The van der Waals surface area contributed by atoms with Gasteiger partial charge in [-0.1, -0.05) is 44.0 Å². The van der Waals surface area contributed by atoms with Crippen molar-refractivity contribution in [2.75, 3.05) is 18.4 Å². The topological polar surface area (TPSA) is 185 Å². The maximum Gasteiger partial charge on any atom is 0.354 e. The van der Waals surface area contributed by atoms with Gasteiger partial charge in [-0.25, -0.2) is 14.3 Å². The fourth-order valence-electron chi connectivity index (χ4n) is 5.36. The highest BCUT2D eigenvalue weighted by Gasteiger charge is 2.16. The summed E-state index contributed by atoms with van der Waals surface area (Å²) in [4.78, 5) is 35.8. The van der Waals surface area contributed by atoms with Crippen molar-refractivity contribution >= 4 is 34.4 Å². The van der Waals surface area contributed by atoms with Gasteiger partial charge in [0.25, 0.3) is 5.56 Å². The van der Waals surface area contributed by atoms with Crippen LogP contribution in [0.1, 0.15) is 44.2 Å². The molecule has 5 aromatic rings. The van der Waals surface area contributed by atoms with Gasteiger partial charge in [-0.05, 0) is 72.7 Å². The smallest absolute Gasteiger partial charge is 0.354 e. The zero-order valence-electron chi connectivity index (χ0n) is 26.9. The minimum absolute atomic E-state index is 0.0247. The van der Waals surface area contributed by atoms with Crippen LogP contribution in [0.5, 0.6) is 0 Å². The fourth-order valence-corrected chi connectivity index (χ4v) is 5.60. The van der Waals surface area contributed by atoms with E-state index in [1.165, 1.54) is 10.6 Å². The molecule has 252 valence electrons. The lowest BCUT2D eigenvalue weighted by atomic mass is 10.00. The Balaban J connectivity index is 1.29. The molecule has 5 rings (SSSR count). The summed E-state index contributed by atoms with van der Waals surface area (Å²) in [5.41, 5.74) is 14.0. The average Bonchev–Trinajstić information content (AvgIpc) is 3.46. The monoisotopic (exact) mass is 674 g/mol. The number of nitrogens with two attached hydrogens (primary N) is 2. The number of halogens is 2. The van der Waals surface area contributed by atoms with Gasteiger partial charge in [-0.2, -0.15) is 10.1 Å². The van der Waals surface area contributed by atoms with E-state index >= 15 is 4.39 Å². The number of aromatic amines is 2. The van der Waals surface area contributed by atoms with Crippen molar-refractivity contribution < 1.29 is 4.39 Å². The maximum absolute atomic E-state index is 15.2. The highest BCUT2D eigenvalue weighted by atomic mass is 35.5. The van der Waals surface area contributed by atoms with Gasteiger partial charge in [0.15, 0.2) is 11.8 Å². The summed E-state index contributed by atoms with van der Waals surface area (Å²) in [6, 6.07) is 15.8. The van der Waals surface area contributed by atoms with E-state index in [-0.39, 0.29) is 22.6 Å². The molecule has 1 atom stereocenters. The van der Waals surface area contributed by atoms with Crippen molar-refractivity contribution in [3.8, 4) is 16.9 Å². The standard InChI is InChI=1S/C34H40ClFN10O2/c1-20(2)4-3-5-22-14-26(31(36)27(35)15-22)28-16-23-19-46(34(48)43-32(23)42-28)25-8-6-21(7-9-25)17-40-24(12-13-39-33(37)38)18-41-29-10-11-30(47)45-44-29/h6-11,14-16,19-20,24,40H,3-5,12-13,17-18H2,1-2H3,(H,41,44)(H,45,47)(H4,37,38,39)(H,42,43,48)/t24-/m1/s1. The number of guanidine groups is 1.